The predicted molar refractivity (Wildman–Crippen MR) is 69.0 cm³/mol. The molecule has 0 saturated heterocycles. The standard InChI is InChI=1S/C10H17N3OS.ClH/c1-10(2,3)6-12-9(14)7-5-15-8(4-11)13-7;/h5H,4,6,11H2,1-3H3,(H,12,14);1H. The molecule has 0 atom stereocenters. The average Bonchev–Trinajstić information content (AvgIpc) is 2.61. The van der Waals surface area contributed by atoms with E-state index in [1.54, 1.807) is 5.38 Å². The van der Waals surface area contributed by atoms with Gasteiger partial charge in [-0.05, 0) is 5.41 Å². The summed E-state index contributed by atoms with van der Waals surface area (Å²) in [6, 6.07) is 0. The highest BCUT2D eigenvalue weighted by Crippen LogP contribution is 2.12. The third-order valence-corrected chi connectivity index (χ3v) is 2.61. The number of nitrogens with two attached hydrogens (primary N) is 1. The van der Waals surface area contributed by atoms with Crippen molar-refractivity contribution in [3.8, 4) is 0 Å². The molecule has 92 valence electrons. The first-order valence-electron chi connectivity index (χ1n) is 4.85. The normalized spacial score (nSPS) is 10.8. The van der Waals surface area contributed by atoms with Crippen LogP contribution in [0.15, 0.2) is 5.38 Å². The summed E-state index contributed by atoms with van der Waals surface area (Å²) >= 11 is 1.41. The van der Waals surface area contributed by atoms with Crippen LogP contribution >= 0.6 is 23.7 Å². The predicted octanol–water partition coefficient (Wildman–Crippen LogP) is 1.80. The Morgan fingerprint density at radius 1 is 1.56 bits per heavy atom. The minimum absolute atomic E-state index is 0. The number of thiazole rings is 1. The molecule has 4 nitrogen and oxygen atoms in total. The van der Waals surface area contributed by atoms with Gasteiger partial charge in [-0.15, -0.1) is 23.7 Å². The fourth-order valence-electron chi connectivity index (χ4n) is 0.945. The maximum Gasteiger partial charge on any atom is 0.270 e. The van der Waals surface area contributed by atoms with Crippen molar-refractivity contribution >= 4 is 29.7 Å². The molecule has 0 aliphatic carbocycles. The van der Waals surface area contributed by atoms with Gasteiger partial charge in [0, 0.05) is 18.5 Å². The van der Waals surface area contributed by atoms with Gasteiger partial charge in [-0.1, -0.05) is 20.8 Å². The van der Waals surface area contributed by atoms with Gasteiger partial charge in [0.15, 0.2) is 0 Å². The minimum Gasteiger partial charge on any atom is -0.350 e. The van der Waals surface area contributed by atoms with E-state index in [0.717, 1.165) is 5.01 Å². The largest absolute Gasteiger partial charge is 0.350 e. The summed E-state index contributed by atoms with van der Waals surface area (Å²) < 4.78 is 0. The van der Waals surface area contributed by atoms with E-state index in [1.165, 1.54) is 11.3 Å². The van der Waals surface area contributed by atoms with Gasteiger partial charge in [-0.2, -0.15) is 0 Å². The number of carbonyl (C=O) groups excluding carboxylic acids is 1. The lowest BCUT2D eigenvalue weighted by Crippen LogP contribution is -2.32. The van der Waals surface area contributed by atoms with Crippen LogP contribution in [0.4, 0.5) is 0 Å². The summed E-state index contributed by atoms with van der Waals surface area (Å²) in [5.41, 5.74) is 5.97. The highest BCUT2D eigenvalue weighted by Gasteiger charge is 2.14. The molecule has 3 N–H and O–H groups in total. The van der Waals surface area contributed by atoms with Crippen LogP contribution in [0.3, 0.4) is 0 Å². The number of nitrogens with zero attached hydrogens (tertiary/aromatic N) is 1. The van der Waals surface area contributed by atoms with Crippen LogP contribution in [0.5, 0.6) is 0 Å². The summed E-state index contributed by atoms with van der Waals surface area (Å²) in [5.74, 6) is -0.124. The zero-order valence-electron chi connectivity index (χ0n) is 9.74. The van der Waals surface area contributed by atoms with E-state index in [4.69, 9.17) is 5.73 Å². The second-order valence-corrected chi connectivity index (χ2v) is 5.52. The molecule has 1 rings (SSSR count). The van der Waals surface area contributed by atoms with Crippen LogP contribution in [0.25, 0.3) is 0 Å². The second kappa shape index (κ2) is 6.18. The van der Waals surface area contributed by atoms with Gasteiger partial charge in [-0.3, -0.25) is 4.79 Å². The Morgan fingerprint density at radius 2 is 2.19 bits per heavy atom. The molecule has 0 unspecified atom stereocenters. The van der Waals surface area contributed by atoms with E-state index in [2.05, 4.69) is 31.1 Å². The van der Waals surface area contributed by atoms with Crippen LogP contribution in [0.2, 0.25) is 0 Å². The molecule has 0 aliphatic rings. The highest BCUT2D eigenvalue weighted by molar-refractivity contribution is 7.09. The Hall–Kier alpha value is -0.650. The van der Waals surface area contributed by atoms with Crippen LogP contribution in [0, 0.1) is 5.41 Å². The van der Waals surface area contributed by atoms with E-state index in [1.807, 2.05) is 0 Å². The van der Waals surface area contributed by atoms with Crippen LogP contribution in [-0.2, 0) is 6.54 Å². The number of halogens is 1. The molecule has 0 aromatic carbocycles. The van der Waals surface area contributed by atoms with E-state index in [9.17, 15) is 4.79 Å². The van der Waals surface area contributed by atoms with Gasteiger partial charge in [-0.25, -0.2) is 4.98 Å². The fourth-order valence-corrected chi connectivity index (χ4v) is 1.60. The summed E-state index contributed by atoms with van der Waals surface area (Å²) in [4.78, 5) is 15.7. The number of hydrogen-bond donors (Lipinski definition) is 2. The zero-order chi connectivity index (χ0) is 11.5. The molecule has 16 heavy (non-hydrogen) atoms. The summed E-state index contributed by atoms with van der Waals surface area (Å²) in [7, 11) is 0. The summed E-state index contributed by atoms with van der Waals surface area (Å²) in [5, 5.41) is 5.36. The maximum absolute atomic E-state index is 11.6. The molecular weight excluding hydrogens is 246 g/mol. The number of hydrogen-bond acceptors (Lipinski definition) is 4. The van der Waals surface area contributed by atoms with Crippen molar-refractivity contribution in [2.24, 2.45) is 11.1 Å². The number of carbonyl (C=O) groups is 1. The van der Waals surface area contributed by atoms with E-state index < -0.39 is 0 Å². The van der Waals surface area contributed by atoms with E-state index in [0.29, 0.717) is 18.8 Å². The lowest BCUT2D eigenvalue weighted by molar-refractivity contribution is 0.0935. The third-order valence-electron chi connectivity index (χ3n) is 1.74. The lowest BCUT2D eigenvalue weighted by Gasteiger charge is -2.18. The Labute approximate surface area is 106 Å². The monoisotopic (exact) mass is 263 g/mol. The number of aromatic nitrogens is 1. The molecule has 0 spiro atoms. The van der Waals surface area contributed by atoms with Crippen molar-refractivity contribution in [1.82, 2.24) is 10.3 Å². The molecule has 1 amide bonds. The van der Waals surface area contributed by atoms with Gasteiger partial charge in [0.25, 0.3) is 5.91 Å². The number of nitrogens with one attached hydrogen (secondary N) is 1. The topological polar surface area (TPSA) is 68.0 Å². The maximum atomic E-state index is 11.6. The third kappa shape index (κ3) is 4.92. The molecule has 0 fully saturated rings. The lowest BCUT2D eigenvalue weighted by atomic mass is 9.97. The van der Waals surface area contributed by atoms with Crippen molar-refractivity contribution in [1.29, 1.82) is 0 Å². The summed E-state index contributed by atoms with van der Waals surface area (Å²) in [6.07, 6.45) is 0. The number of amides is 1. The highest BCUT2D eigenvalue weighted by atomic mass is 35.5. The molecule has 6 heteroatoms. The van der Waals surface area contributed by atoms with Gasteiger partial charge < -0.3 is 11.1 Å². The quantitative estimate of drug-likeness (QED) is 0.874. The first-order valence-corrected chi connectivity index (χ1v) is 5.73. The molecule has 1 heterocycles. The smallest absolute Gasteiger partial charge is 0.270 e. The van der Waals surface area contributed by atoms with Crippen LogP contribution in [0.1, 0.15) is 36.3 Å². The van der Waals surface area contributed by atoms with Crippen molar-refractivity contribution in [3.63, 3.8) is 0 Å². The van der Waals surface area contributed by atoms with Gasteiger partial charge in [0.2, 0.25) is 0 Å². The van der Waals surface area contributed by atoms with Crippen molar-refractivity contribution in [2.45, 2.75) is 27.3 Å². The molecule has 0 radical (unpaired) electrons. The molecule has 1 aromatic rings. The van der Waals surface area contributed by atoms with E-state index in [-0.39, 0.29) is 23.7 Å². The van der Waals surface area contributed by atoms with Crippen LogP contribution in [-0.4, -0.2) is 17.4 Å². The average molecular weight is 264 g/mol. The first kappa shape index (κ1) is 15.3. The zero-order valence-corrected chi connectivity index (χ0v) is 11.4. The van der Waals surface area contributed by atoms with Crippen molar-refractivity contribution in [3.05, 3.63) is 16.1 Å². The fraction of sp³-hybridized carbons (Fsp3) is 0.600. The first-order chi connectivity index (χ1) is 6.92. The van der Waals surface area contributed by atoms with Crippen molar-refractivity contribution in [2.75, 3.05) is 6.54 Å². The SMILES string of the molecule is CC(C)(C)CNC(=O)c1csc(CN)n1.Cl. The Kier molecular flexibility index (Phi) is 5.92. The Balaban J connectivity index is 0.00000225. The van der Waals surface area contributed by atoms with Gasteiger partial charge in [0.05, 0.1) is 0 Å². The molecule has 0 aliphatic heterocycles. The number of rotatable bonds is 3. The van der Waals surface area contributed by atoms with Gasteiger partial charge in [0.1, 0.15) is 10.7 Å². The Bertz CT molecular complexity index is 346. The van der Waals surface area contributed by atoms with Crippen molar-refractivity contribution < 1.29 is 4.79 Å². The van der Waals surface area contributed by atoms with Gasteiger partial charge >= 0.3 is 0 Å². The molecule has 1 aromatic heterocycles. The second-order valence-electron chi connectivity index (χ2n) is 4.57. The van der Waals surface area contributed by atoms with E-state index >= 15 is 0 Å². The van der Waals surface area contributed by atoms with Crippen LogP contribution < -0.4 is 11.1 Å². The molecule has 0 bridgehead atoms. The molecular formula is C10H18ClN3OS. The minimum atomic E-state index is -0.124. The molecule has 0 saturated carbocycles. The summed E-state index contributed by atoms with van der Waals surface area (Å²) in [6.45, 7) is 7.23. The Morgan fingerprint density at radius 3 is 2.62 bits per heavy atom.